The molecule has 1 amide bonds. The van der Waals surface area contributed by atoms with Gasteiger partial charge in [0.15, 0.2) is 0 Å². The van der Waals surface area contributed by atoms with Crippen LogP contribution in [-0.2, 0) is 10.2 Å². The van der Waals surface area contributed by atoms with E-state index in [9.17, 15) is 4.79 Å². The molecule has 2 unspecified atom stereocenters. The molecule has 0 saturated carbocycles. The van der Waals surface area contributed by atoms with Crippen molar-refractivity contribution in [3.8, 4) is 0 Å². The van der Waals surface area contributed by atoms with Crippen LogP contribution in [0.25, 0.3) is 10.8 Å². The summed E-state index contributed by atoms with van der Waals surface area (Å²) in [5.74, 6) is 0.612. The predicted octanol–water partition coefficient (Wildman–Crippen LogP) is 5.85. The van der Waals surface area contributed by atoms with E-state index in [1.54, 1.807) is 0 Å². The monoisotopic (exact) mass is 465 g/mol. The molecule has 2 atom stereocenters. The van der Waals surface area contributed by atoms with Gasteiger partial charge in [-0.25, -0.2) is 0 Å². The van der Waals surface area contributed by atoms with Gasteiger partial charge in [-0.05, 0) is 80.7 Å². The molecule has 1 aliphatic rings. The number of hydrogen-bond acceptors (Lipinski definition) is 3. The molecule has 0 radical (unpaired) electrons. The maximum Gasteiger partial charge on any atom is 0.234 e. The fourth-order valence-corrected chi connectivity index (χ4v) is 5.82. The first-order valence-electron chi connectivity index (χ1n) is 13.7. The Bertz CT molecular complexity index is 882. The average Bonchev–Trinajstić information content (AvgIpc) is 2.89. The third kappa shape index (κ3) is 6.60. The Kier molecular flexibility index (Phi) is 10.4. The summed E-state index contributed by atoms with van der Waals surface area (Å²) >= 11 is 0. The lowest BCUT2D eigenvalue weighted by atomic mass is 9.65. The molecule has 1 N–H and O–H groups in total. The Hall–Kier alpha value is -1.91. The lowest BCUT2D eigenvalue weighted by molar-refractivity contribution is -0.122. The van der Waals surface area contributed by atoms with Gasteiger partial charge in [-0.3, -0.25) is 9.69 Å². The van der Waals surface area contributed by atoms with Gasteiger partial charge in [0.25, 0.3) is 0 Å². The van der Waals surface area contributed by atoms with Crippen LogP contribution in [-0.4, -0.2) is 61.5 Å². The van der Waals surface area contributed by atoms with Gasteiger partial charge in [0.1, 0.15) is 0 Å². The standard InChI is InChI=1S/C30H47N3O/c1-5-25(4)30(19-14-22-33-20-11-8-12-21-33,24-31-29(34)23-32(6-2)7-3)28-18-13-16-26-15-9-10-17-27(26)28/h9-10,13,15-18,25H,5-8,11-12,14,19-24H2,1-4H3,(H,31,34). The minimum atomic E-state index is -0.0790. The summed E-state index contributed by atoms with van der Waals surface area (Å²) in [4.78, 5) is 17.8. The molecule has 0 aromatic heterocycles. The second kappa shape index (κ2) is 13.3. The highest BCUT2D eigenvalue weighted by molar-refractivity contribution is 5.87. The van der Waals surface area contributed by atoms with Gasteiger partial charge in [0, 0.05) is 12.0 Å². The van der Waals surface area contributed by atoms with Crippen molar-refractivity contribution in [1.29, 1.82) is 0 Å². The topological polar surface area (TPSA) is 35.6 Å². The van der Waals surface area contributed by atoms with E-state index in [4.69, 9.17) is 0 Å². The first-order valence-corrected chi connectivity index (χ1v) is 13.7. The summed E-state index contributed by atoms with van der Waals surface area (Å²) in [6.45, 7) is 15.6. The lowest BCUT2D eigenvalue weighted by Gasteiger charge is -2.41. The van der Waals surface area contributed by atoms with Crippen LogP contribution in [0.2, 0.25) is 0 Å². The third-order valence-electron chi connectivity index (χ3n) is 8.29. The molecular weight excluding hydrogens is 418 g/mol. The van der Waals surface area contributed by atoms with Crippen molar-refractivity contribution in [2.45, 2.75) is 71.6 Å². The number of likely N-dealkylation sites (N-methyl/N-ethyl adjacent to an activating group) is 1. The summed E-state index contributed by atoms with van der Waals surface area (Å²) < 4.78 is 0. The van der Waals surface area contributed by atoms with Gasteiger partial charge in [0.05, 0.1) is 6.54 Å². The van der Waals surface area contributed by atoms with Gasteiger partial charge in [0.2, 0.25) is 5.91 Å². The van der Waals surface area contributed by atoms with Gasteiger partial charge in [-0.2, -0.15) is 0 Å². The van der Waals surface area contributed by atoms with Gasteiger partial charge in [-0.1, -0.05) is 83.0 Å². The van der Waals surface area contributed by atoms with Crippen LogP contribution < -0.4 is 5.32 Å². The van der Waals surface area contributed by atoms with Crippen LogP contribution in [0.3, 0.4) is 0 Å². The van der Waals surface area contributed by atoms with Gasteiger partial charge >= 0.3 is 0 Å². The van der Waals surface area contributed by atoms with Crippen LogP contribution in [0.4, 0.5) is 0 Å². The average molecular weight is 466 g/mol. The van der Waals surface area contributed by atoms with Crippen molar-refractivity contribution < 1.29 is 4.79 Å². The molecule has 2 aromatic rings. The van der Waals surface area contributed by atoms with Gasteiger partial charge < -0.3 is 10.2 Å². The van der Waals surface area contributed by atoms with Crippen LogP contribution in [0.1, 0.15) is 71.8 Å². The van der Waals surface area contributed by atoms with E-state index in [-0.39, 0.29) is 11.3 Å². The predicted molar refractivity (Wildman–Crippen MR) is 145 cm³/mol. The molecule has 1 aliphatic heterocycles. The Balaban J connectivity index is 1.90. The van der Waals surface area contributed by atoms with E-state index >= 15 is 0 Å². The number of hydrogen-bond donors (Lipinski definition) is 1. The summed E-state index contributed by atoms with van der Waals surface area (Å²) in [7, 11) is 0. The van der Waals surface area contributed by atoms with E-state index < -0.39 is 0 Å². The van der Waals surface area contributed by atoms with E-state index in [0.717, 1.165) is 32.5 Å². The van der Waals surface area contributed by atoms with E-state index in [1.165, 1.54) is 55.1 Å². The fraction of sp³-hybridized carbons (Fsp3) is 0.633. The quantitative estimate of drug-likeness (QED) is 0.403. The molecular formula is C30H47N3O. The number of fused-ring (bicyclic) bond motifs is 1. The largest absolute Gasteiger partial charge is 0.354 e. The molecule has 3 rings (SSSR count). The van der Waals surface area contributed by atoms with Crippen molar-refractivity contribution in [2.24, 2.45) is 5.92 Å². The molecule has 1 heterocycles. The maximum atomic E-state index is 13.0. The van der Waals surface area contributed by atoms with Crippen molar-refractivity contribution in [3.05, 3.63) is 48.0 Å². The second-order valence-corrected chi connectivity index (χ2v) is 10.2. The molecule has 4 heteroatoms. The summed E-state index contributed by atoms with van der Waals surface area (Å²) in [5, 5.41) is 6.02. The molecule has 1 saturated heterocycles. The molecule has 4 nitrogen and oxygen atoms in total. The molecule has 1 fully saturated rings. The molecule has 34 heavy (non-hydrogen) atoms. The van der Waals surface area contributed by atoms with Crippen LogP contribution in [0.15, 0.2) is 42.5 Å². The highest BCUT2D eigenvalue weighted by Gasteiger charge is 2.38. The van der Waals surface area contributed by atoms with Crippen molar-refractivity contribution in [1.82, 2.24) is 15.1 Å². The molecule has 0 aliphatic carbocycles. The minimum absolute atomic E-state index is 0.0790. The van der Waals surface area contributed by atoms with Crippen LogP contribution in [0.5, 0.6) is 0 Å². The first-order chi connectivity index (χ1) is 16.5. The van der Waals surface area contributed by atoms with Crippen molar-refractivity contribution in [3.63, 3.8) is 0 Å². The fourth-order valence-electron chi connectivity index (χ4n) is 5.82. The highest BCUT2D eigenvalue weighted by Crippen LogP contribution is 2.42. The number of carbonyl (C=O) groups is 1. The van der Waals surface area contributed by atoms with E-state index in [0.29, 0.717) is 19.0 Å². The first kappa shape index (κ1) is 26.7. The second-order valence-electron chi connectivity index (χ2n) is 10.2. The van der Waals surface area contributed by atoms with Crippen molar-refractivity contribution >= 4 is 16.7 Å². The Morgan fingerprint density at radius 2 is 1.74 bits per heavy atom. The van der Waals surface area contributed by atoms with Crippen molar-refractivity contribution in [2.75, 3.05) is 45.8 Å². The molecule has 2 aromatic carbocycles. The summed E-state index contributed by atoms with van der Waals surface area (Å²) in [6, 6.07) is 15.5. The minimum Gasteiger partial charge on any atom is -0.354 e. The normalized spacial score (nSPS) is 17.6. The molecule has 0 spiro atoms. The number of amides is 1. The molecule has 188 valence electrons. The highest BCUT2D eigenvalue weighted by atomic mass is 16.2. The summed E-state index contributed by atoms with van der Waals surface area (Å²) in [5.41, 5.74) is 1.33. The Labute approximate surface area is 208 Å². The number of nitrogens with one attached hydrogen (secondary N) is 1. The number of nitrogens with zero attached hydrogens (tertiary/aromatic N) is 2. The number of piperidine rings is 1. The van der Waals surface area contributed by atoms with E-state index in [2.05, 4.69) is 85.3 Å². The van der Waals surface area contributed by atoms with Crippen LogP contribution >= 0.6 is 0 Å². The number of likely N-dealkylation sites (tertiary alicyclic amines) is 1. The zero-order chi connectivity index (χ0) is 24.4. The Morgan fingerprint density at radius 1 is 1.03 bits per heavy atom. The lowest BCUT2D eigenvalue weighted by Crippen LogP contribution is -2.48. The number of benzene rings is 2. The zero-order valence-corrected chi connectivity index (χ0v) is 22.1. The SMILES string of the molecule is CCC(C)C(CCCN1CCCCC1)(CNC(=O)CN(CC)CC)c1cccc2ccccc12. The smallest absolute Gasteiger partial charge is 0.234 e. The van der Waals surface area contributed by atoms with Crippen LogP contribution in [0, 0.1) is 5.92 Å². The third-order valence-corrected chi connectivity index (χ3v) is 8.29. The zero-order valence-electron chi connectivity index (χ0n) is 22.1. The van der Waals surface area contributed by atoms with Gasteiger partial charge in [-0.15, -0.1) is 0 Å². The van der Waals surface area contributed by atoms with E-state index in [1.807, 2.05) is 0 Å². The Morgan fingerprint density at radius 3 is 2.44 bits per heavy atom. The number of carbonyl (C=O) groups excluding carboxylic acids is 1. The summed E-state index contributed by atoms with van der Waals surface area (Å²) in [6.07, 6.45) is 7.40. The molecule has 0 bridgehead atoms. The maximum absolute atomic E-state index is 13.0. The number of rotatable bonds is 13.